The van der Waals surface area contributed by atoms with Gasteiger partial charge in [0.25, 0.3) is 0 Å². The van der Waals surface area contributed by atoms with Crippen LogP contribution in [0.4, 0.5) is 0 Å². The van der Waals surface area contributed by atoms with Crippen LogP contribution in [0, 0.1) is 0 Å². The zero-order valence-corrected chi connectivity index (χ0v) is 16.3. The Morgan fingerprint density at radius 3 is 2.69 bits per heavy atom. The van der Waals surface area contributed by atoms with Crippen LogP contribution in [-0.4, -0.2) is 15.3 Å². The number of fused-ring (bicyclic) bond motifs is 1. The molecular formula is C24H17ClN2O2. The summed E-state index contributed by atoms with van der Waals surface area (Å²) in [6.45, 7) is 4.33. The highest BCUT2D eigenvalue weighted by Gasteiger charge is 2.17. The van der Waals surface area contributed by atoms with Crippen LogP contribution >= 0.6 is 11.6 Å². The van der Waals surface area contributed by atoms with E-state index in [0.29, 0.717) is 22.6 Å². The third-order valence-corrected chi connectivity index (χ3v) is 4.99. The summed E-state index contributed by atoms with van der Waals surface area (Å²) >= 11 is 5.82. The summed E-state index contributed by atoms with van der Waals surface area (Å²) in [5, 5.41) is 0.791. The number of hydrogen-bond acceptors (Lipinski definition) is 3. The SMILES string of the molecule is C=Cc1cccc(Cn2cc(C(=O)c3ccc(Cl)nc3)c(=O)c3ccccc32)c1. The molecular weight excluding hydrogens is 384 g/mol. The van der Waals surface area contributed by atoms with Crippen molar-refractivity contribution in [1.82, 2.24) is 9.55 Å². The second-order valence-electron chi connectivity index (χ2n) is 6.66. The third kappa shape index (κ3) is 3.75. The Morgan fingerprint density at radius 1 is 1.10 bits per heavy atom. The van der Waals surface area contributed by atoms with Crippen LogP contribution in [0.15, 0.2) is 84.4 Å². The minimum absolute atomic E-state index is 0.104. The Labute approximate surface area is 172 Å². The zero-order valence-electron chi connectivity index (χ0n) is 15.5. The van der Waals surface area contributed by atoms with E-state index >= 15 is 0 Å². The van der Waals surface area contributed by atoms with E-state index in [2.05, 4.69) is 11.6 Å². The van der Waals surface area contributed by atoms with Crippen molar-refractivity contribution in [2.75, 3.05) is 0 Å². The molecule has 0 fully saturated rings. The molecule has 2 heterocycles. The summed E-state index contributed by atoms with van der Waals surface area (Å²) in [6.07, 6.45) is 4.80. The fourth-order valence-corrected chi connectivity index (χ4v) is 3.43. The predicted molar refractivity (Wildman–Crippen MR) is 117 cm³/mol. The van der Waals surface area contributed by atoms with E-state index in [1.807, 2.05) is 41.0 Å². The number of hydrogen-bond donors (Lipinski definition) is 0. The van der Waals surface area contributed by atoms with Gasteiger partial charge >= 0.3 is 0 Å². The maximum absolute atomic E-state index is 13.0. The molecule has 5 heteroatoms. The molecule has 29 heavy (non-hydrogen) atoms. The maximum atomic E-state index is 13.0. The third-order valence-electron chi connectivity index (χ3n) is 4.76. The van der Waals surface area contributed by atoms with Crippen molar-refractivity contribution in [1.29, 1.82) is 0 Å². The molecule has 0 atom stereocenters. The number of nitrogens with zero attached hydrogens (tertiary/aromatic N) is 2. The van der Waals surface area contributed by atoms with Crippen LogP contribution in [0.1, 0.15) is 27.0 Å². The number of rotatable bonds is 5. The number of benzene rings is 2. The zero-order chi connectivity index (χ0) is 20.4. The van der Waals surface area contributed by atoms with E-state index < -0.39 is 0 Å². The van der Waals surface area contributed by atoms with E-state index in [1.54, 1.807) is 30.5 Å². The van der Waals surface area contributed by atoms with Crippen LogP contribution in [0.25, 0.3) is 17.0 Å². The second-order valence-corrected chi connectivity index (χ2v) is 7.05. The van der Waals surface area contributed by atoms with Crippen molar-refractivity contribution in [3.8, 4) is 0 Å². The first-order valence-corrected chi connectivity index (χ1v) is 9.44. The van der Waals surface area contributed by atoms with Gasteiger partial charge in [-0.3, -0.25) is 9.59 Å². The lowest BCUT2D eigenvalue weighted by molar-refractivity contribution is 0.103. The van der Waals surface area contributed by atoms with Crippen LogP contribution in [0.5, 0.6) is 0 Å². The van der Waals surface area contributed by atoms with Gasteiger partial charge in [-0.2, -0.15) is 0 Å². The molecule has 2 aromatic heterocycles. The minimum atomic E-state index is -0.376. The lowest BCUT2D eigenvalue weighted by Crippen LogP contribution is -2.20. The molecule has 2 aromatic carbocycles. The molecule has 4 aromatic rings. The van der Waals surface area contributed by atoms with Gasteiger partial charge in [0.2, 0.25) is 5.43 Å². The Kier molecular flexibility index (Phi) is 5.10. The first kappa shape index (κ1) is 18.8. The highest BCUT2D eigenvalue weighted by molar-refractivity contribution is 6.29. The number of para-hydroxylation sites is 1. The summed E-state index contributed by atoms with van der Waals surface area (Å²) < 4.78 is 1.93. The average Bonchev–Trinajstić information content (AvgIpc) is 2.76. The fraction of sp³-hybridized carbons (Fsp3) is 0.0417. The number of ketones is 1. The average molecular weight is 401 g/mol. The van der Waals surface area contributed by atoms with E-state index in [0.717, 1.165) is 16.6 Å². The van der Waals surface area contributed by atoms with Crippen LogP contribution in [0.2, 0.25) is 5.15 Å². The Balaban J connectivity index is 1.86. The predicted octanol–water partition coefficient (Wildman–Crippen LogP) is 4.97. The number of carbonyl (C=O) groups excluding carboxylic acids is 1. The van der Waals surface area contributed by atoms with Gasteiger partial charge in [0.05, 0.1) is 11.1 Å². The number of carbonyl (C=O) groups is 1. The summed E-state index contributed by atoms with van der Waals surface area (Å²) in [6, 6.07) is 18.4. The first-order chi connectivity index (χ1) is 14.1. The molecule has 0 amide bonds. The van der Waals surface area contributed by atoms with Crippen LogP contribution < -0.4 is 5.43 Å². The minimum Gasteiger partial charge on any atom is -0.342 e. The lowest BCUT2D eigenvalue weighted by Gasteiger charge is -2.14. The summed E-state index contributed by atoms with van der Waals surface area (Å²) in [5.41, 5.74) is 2.96. The van der Waals surface area contributed by atoms with E-state index in [9.17, 15) is 9.59 Å². The number of pyridine rings is 2. The molecule has 0 spiro atoms. The van der Waals surface area contributed by atoms with Crippen molar-refractivity contribution in [2.24, 2.45) is 0 Å². The van der Waals surface area contributed by atoms with Crippen molar-refractivity contribution in [3.63, 3.8) is 0 Å². The normalized spacial score (nSPS) is 10.8. The highest BCUT2D eigenvalue weighted by atomic mass is 35.5. The van der Waals surface area contributed by atoms with Crippen LogP contribution in [0.3, 0.4) is 0 Å². The van der Waals surface area contributed by atoms with Gasteiger partial charge in [0.1, 0.15) is 5.15 Å². The Morgan fingerprint density at radius 2 is 1.93 bits per heavy atom. The maximum Gasteiger partial charge on any atom is 0.200 e. The molecule has 0 unspecified atom stereocenters. The standard InChI is InChI=1S/C24H17ClN2O2/c1-2-16-6-5-7-17(12-16)14-27-15-20(23(28)18-10-11-22(25)26-13-18)24(29)19-8-3-4-9-21(19)27/h2-13,15H,1,14H2. The van der Waals surface area contributed by atoms with Gasteiger partial charge in [-0.1, -0.05) is 54.6 Å². The Hall–Kier alpha value is -3.50. The molecule has 4 rings (SSSR count). The molecule has 0 saturated carbocycles. The topological polar surface area (TPSA) is 52.0 Å². The van der Waals surface area contributed by atoms with Gasteiger partial charge in [0, 0.05) is 29.9 Å². The lowest BCUT2D eigenvalue weighted by atomic mass is 10.0. The summed E-state index contributed by atoms with van der Waals surface area (Å²) in [7, 11) is 0. The van der Waals surface area contributed by atoms with Gasteiger partial charge in [-0.05, 0) is 41.5 Å². The monoisotopic (exact) mass is 400 g/mol. The highest BCUT2D eigenvalue weighted by Crippen LogP contribution is 2.17. The number of halogens is 1. The van der Waals surface area contributed by atoms with Crippen molar-refractivity contribution >= 4 is 34.4 Å². The molecule has 0 aliphatic carbocycles. The second kappa shape index (κ2) is 7.86. The Bertz CT molecular complexity index is 1290. The fourth-order valence-electron chi connectivity index (χ4n) is 3.32. The van der Waals surface area contributed by atoms with Gasteiger partial charge in [0.15, 0.2) is 5.78 Å². The quantitative estimate of drug-likeness (QED) is 0.351. The molecule has 142 valence electrons. The largest absolute Gasteiger partial charge is 0.342 e. The molecule has 0 N–H and O–H groups in total. The molecule has 4 nitrogen and oxygen atoms in total. The van der Waals surface area contributed by atoms with Crippen molar-refractivity contribution in [3.05, 3.63) is 117 Å². The molecule has 0 aliphatic heterocycles. The van der Waals surface area contributed by atoms with Crippen molar-refractivity contribution in [2.45, 2.75) is 6.54 Å². The number of aromatic nitrogens is 2. The summed E-state index contributed by atoms with van der Waals surface area (Å²) in [5.74, 6) is -0.376. The smallest absolute Gasteiger partial charge is 0.200 e. The molecule has 0 saturated heterocycles. The summed E-state index contributed by atoms with van der Waals surface area (Å²) in [4.78, 5) is 30.0. The molecule has 0 bridgehead atoms. The molecule has 0 aliphatic rings. The van der Waals surface area contributed by atoms with Gasteiger partial charge in [-0.25, -0.2) is 4.98 Å². The van der Waals surface area contributed by atoms with Gasteiger partial charge in [-0.15, -0.1) is 0 Å². The van der Waals surface area contributed by atoms with E-state index in [-0.39, 0.29) is 16.8 Å². The molecule has 0 radical (unpaired) electrons. The van der Waals surface area contributed by atoms with E-state index in [1.165, 1.54) is 12.3 Å². The van der Waals surface area contributed by atoms with Gasteiger partial charge < -0.3 is 4.57 Å². The van der Waals surface area contributed by atoms with Crippen molar-refractivity contribution < 1.29 is 4.79 Å². The first-order valence-electron chi connectivity index (χ1n) is 9.06. The van der Waals surface area contributed by atoms with Crippen LogP contribution in [-0.2, 0) is 6.54 Å². The van der Waals surface area contributed by atoms with E-state index in [4.69, 9.17) is 11.6 Å².